The Bertz CT molecular complexity index is 217. The fourth-order valence-corrected chi connectivity index (χ4v) is 1.30. The van der Waals surface area contributed by atoms with Gasteiger partial charge in [0, 0.05) is 6.42 Å². The van der Waals surface area contributed by atoms with Gasteiger partial charge in [-0.05, 0) is 13.3 Å². The molecule has 1 rings (SSSR count). The van der Waals surface area contributed by atoms with Crippen LogP contribution >= 0.6 is 0 Å². The maximum absolute atomic E-state index is 11.0. The second kappa shape index (κ2) is 2.95. The van der Waals surface area contributed by atoms with Gasteiger partial charge in [-0.25, -0.2) is 0 Å². The molecule has 0 spiro atoms. The average molecular weight is 154 g/mol. The van der Waals surface area contributed by atoms with Gasteiger partial charge in [0.1, 0.15) is 11.6 Å². The van der Waals surface area contributed by atoms with E-state index in [-0.39, 0.29) is 23.8 Å². The van der Waals surface area contributed by atoms with E-state index in [1.165, 1.54) is 6.92 Å². The van der Waals surface area contributed by atoms with Crippen molar-refractivity contribution in [2.24, 2.45) is 5.92 Å². The van der Waals surface area contributed by atoms with E-state index in [0.717, 1.165) is 0 Å². The standard InChI is InChI=1S/C8H10O3/c1-5(9)7-3-2-6(10)4-8(7)11/h7H,2-4H2,1H3. The van der Waals surface area contributed by atoms with Gasteiger partial charge in [-0.3, -0.25) is 14.4 Å². The molecule has 0 aromatic carbocycles. The third-order valence-corrected chi connectivity index (χ3v) is 1.96. The minimum Gasteiger partial charge on any atom is -0.299 e. The summed E-state index contributed by atoms with van der Waals surface area (Å²) in [6, 6.07) is 0. The maximum Gasteiger partial charge on any atom is 0.150 e. The summed E-state index contributed by atoms with van der Waals surface area (Å²) < 4.78 is 0. The highest BCUT2D eigenvalue weighted by molar-refractivity contribution is 6.11. The summed E-state index contributed by atoms with van der Waals surface area (Å²) >= 11 is 0. The van der Waals surface area contributed by atoms with Crippen LogP contribution in [0.3, 0.4) is 0 Å². The molecule has 1 unspecified atom stereocenters. The largest absolute Gasteiger partial charge is 0.299 e. The molecule has 0 amide bonds. The van der Waals surface area contributed by atoms with Gasteiger partial charge in [0.05, 0.1) is 12.3 Å². The zero-order valence-electron chi connectivity index (χ0n) is 6.42. The zero-order chi connectivity index (χ0) is 8.43. The molecule has 60 valence electrons. The number of Topliss-reactive ketones (excluding diaryl/α,β-unsaturated/α-hetero) is 3. The predicted molar refractivity (Wildman–Crippen MR) is 38.0 cm³/mol. The molecule has 1 saturated carbocycles. The van der Waals surface area contributed by atoms with Crippen molar-refractivity contribution in [3.63, 3.8) is 0 Å². The van der Waals surface area contributed by atoms with Gasteiger partial charge in [-0.1, -0.05) is 0 Å². The number of ketones is 3. The summed E-state index contributed by atoms with van der Waals surface area (Å²) in [5.74, 6) is -0.837. The first-order valence-corrected chi connectivity index (χ1v) is 3.66. The Morgan fingerprint density at radius 2 is 2.09 bits per heavy atom. The summed E-state index contributed by atoms with van der Waals surface area (Å²) in [6.45, 7) is 1.40. The van der Waals surface area contributed by atoms with E-state index in [1.54, 1.807) is 0 Å². The molecule has 0 aromatic rings. The first-order chi connectivity index (χ1) is 5.11. The molecule has 1 atom stereocenters. The molecule has 3 heteroatoms. The molecule has 0 aromatic heterocycles. The van der Waals surface area contributed by atoms with Crippen LogP contribution in [0.2, 0.25) is 0 Å². The summed E-state index contributed by atoms with van der Waals surface area (Å²) in [5, 5.41) is 0. The molecule has 1 aliphatic rings. The second-order valence-electron chi connectivity index (χ2n) is 2.88. The van der Waals surface area contributed by atoms with Crippen molar-refractivity contribution >= 4 is 17.3 Å². The monoisotopic (exact) mass is 154 g/mol. The Balaban J connectivity index is 2.65. The van der Waals surface area contributed by atoms with Gasteiger partial charge in [0.25, 0.3) is 0 Å². The fourth-order valence-electron chi connectivity index (χ4n) is 1.30. The van der Waals surface area contributed by atoms with Crippen molar-refractivity contribution < 1.29 is 14.4 Å². The Morgan fingerprint density at radius 3 is 2.55 bits per heavy atom. The van der Waals surface area contributed by atoms with Crippen molar-refractivity contribution in [3.05, 3.63) is 0 Å². The minimum atomic E-state index is -0.493. The number of rotatable bonds is 1. The van der Waals surface area contributed by atoms with Gasteiger partial charge >= 0.3 is 0 Å². The average Bonchev–Trinajstić information content (AvgIpc) is 1.85. The van der Waals surface area contributed by atoms with Crippen LogP contribution in [0.4, 0.5) is 0 Å². The van der Waals surface area contributed by atoms with E-state index in [2.05, 4.69) is 0 Å². The molecular formula is C8H10O3. The van der Waals surface area contributed by atoms with Crippen LogP contribution in [0.25, 0.3) is 0 Å². The molecule has 3 nitrogen and oxygen atoms in total. The molecule has 0 heterocycles. The van der Waals surface area contributed by atoms with E-state index < -0.39 is 5.92 Å². The number of hydrogen-bond donors (Lipinski definition) is 0. The molecule has 0 N–H and O–H groups in total. The molecule has 0 aliphatic heterocycles. The van der Waals surface area contributed by atoms with Crippen LogP contribution < -0.4 is 0 Å². The predicted octanol–water partition coefficient (Wildman–Crippen LogP) is 0.514. The van der Waals surface area contributed by atoms with Crippen molar-refractivity contribution in [1.82, 2.24) is 0 Å². The third-order valence-electron chi connectivity index (χ3n) is 1.96. The molecule has 0 bridgehead atoms. The van der Waals surface area contributed by atoms with Gasteiger partial charge in [-0.2, -0.15) is 0 Å². The van der Waals surface area contributed by atoms with E-state index in [4.69, 9.17) is 0 Å². The van der Waals surface area contributed by atoms with E-state index in [1.807, 2.05) is 0 Å². The number of carbonyl (C=O) groups is 3. The third kappa shape index (κ3) is 1.73. The molecule has 0 radical (unpaired) electrons. The van der Waals surface area contributed by atoms with E-state index >= 15 is 0 Å². The summed E-state index contributed by atoms with van der Waals surface area (Å²) in [4.78, 5) is 32.5. The first kappa shape index (κ1) is 8.11. The summed E-state index contributed by atoms with van der Waals surface area (Å²) in [5.41, 5.74) is 0. The van der Waals surface area contributed by atoms with Gasteiger partial charge in [-0.15, -0.1) is 0 Å². The van der Waals surface area contributed by atoms with Crippen molar-refractivity contribution in [1.29, 1.82) is 0 Å². The highest BCUT2D eigenvalue weighted by Crippen LogP contribution is 2.18. The van der Waals surface area contributed by atoms with Gasteiger partial charge < -0.3 is 0 Å². The fraction of sp³-hybridized carbons (Fsp3) is 0.625. The Morgan fingerprint density at radius 1 is 1.45 bits per heavy atom. The highest BCUT2D eigenvalue weighted by atomic mass is 16.2. The lowest BCUT2D eigenvalue weighted by molar-refractivity contribution is -0.137. The minimum absolute atomic E-state index is 0.0347. The van der Waals surface area contributed by atoms with Crippen molar-refractivity contribution in [2.45, 2.75) is 26.2 Å². The SMILES string of the molecule is CC(=O)C1CCC(=O)CC1=O. The zero-order valence-corrected chi connectivity index (χ0v) is 6.42. The number of hydrogen-bond acceptors (Lipinski definition) is 3. The van der Waals surface area contributed by atoms with Crippen LogP contribution in [0.15, 0.2) is 0 Å². The van der Waals surface area contributed by atoms with Gasteiger partial charge in [0.2, 0.25) is 0 Å². The molecule has 11 heavy (non-hydrogen) atoms. The Labute approximate surface area is 64.8 Å². The Kier molecular flexibility index (Phi) is 2.17. The molecule has 0 saturated heterocycles. The van der Waals surface area contributed by atoms with Crippen LogP contribution in [0.5, 0.6) is 0 Å². The highest BCUT2D eigenvalue weighted by Gasteiger charge is 2.29. The number of carbonyl (C=O) groups excluding carboxylic acids is 3. The molecule has 1 aliphatic carbocycles. The molecule has 1 fully saturated rings. The lowest BCUT2D eigenvalue weighted by Gasteiger charge is -2.16. The van der Waals surface area contributed by atoms with Crippen molar-refractivity contribution in [3.8, 4) is 0 Å². The van der Waals surface area contributed by atoms with Crippen LogP contribution in [-0.4, -0.2) is 17.3 Å². The van der Waals surface area contributed by atoms with Crippen LogP contribution in [0.1, 0.15) is 26.2 Å². The van der Waals surface area contributed by atoms with Crippen molar-refractivity contribution in [2.75, 3.05) is 0 Å². The van der Waals surface area contributed by atoms with Crippen LogP contribution in [-0.2, 0) is 14.4 Å². The quantitative estimate of drug-likeness (QED) is 0.517. The van der Waals surface area contributed by atoms with E-state index in [0.29, 0.717) is 12.8 Å². The normalized spacial score (nSPS) is 25.4. The molecular weight excluding hydrogens is 144 g/mol. The van der Waals surface area contributed by atoms with Crippen LogP contribution in [0, 0.1) is 5.92 Å². The second-order valence-corrected chi connectivity index (χ2v) is 2.88. The summed E-state index contributed by atoms with van der Waals surface area (Å²) in [6.07, 6.45) is 0.771. The first-order valence-electron chi connectivity index (χ1n) is 3.66. The van der Waals surface area contributed by atoms with Gasteiger partial charge in [0.15, 0.2) is 5.78 Å². The maximum atomic E-state index is 11.0. The summed E-state index contributed by atoms with van der Waals surface area (Å²) in [7, 11) is 0. The lowest BCUT2D eigenvalue weighted by Crippen LogP contribution is -2.29. The topological polar surface area (TPSA) is 51.2 Å². The Hall–Kier alpha value is -0.990. The van der Waals surface area contributed by atoms with E-state index in [9.17, 15) is 14.4 Å². The smallest absolute Gasteiger partial charge is 0.150 e. The lowest BCUT2D eigenvalue weighted by atomic mass is 9.85.